The fraction of sp³-hybridized carbons (Fsp3) is 0.593. The Balaban J connectivity index is 1.33. The lowest BCUT2D eigenvalue weighted by Gasteiger charge is -2.31. The number of nitrogens with zero attached hydrogens (tertiary/aromatic N) is 3. The summed E-state index contributed by atoms with van der Waals surface area (Å²) < 4.78 is 6.87. The lowest BCUT2D eigenvalue weighted by Crippen LogP contribution is -2.39. The van der Waals surface area contributed by atoms with Crippen molar-refractivity contribution < 1.29 is 9.53 Å². The number of likely N-dealkylation sites (tertiary alicyclic amines) is 1. The zero-order valence-electron chi connectivity index (χ0n) is 21.5. The molecule has 1 saturated heterocycles. The highest BCUT2D eigenvalue weighted by Gasteiger charge is 2.56. The molecule has 8 nitrogen and oxygen atoms in total. The monoisotopic (exact) mass is 481 g/mol. The van der Waals surface area contributed by atoms with Crippen molar-refractivity contribution in [2.24, 2.45) is 23.7 Å². The van der Waals surface area contributed by atoms with Crippen molar-refractivity contribution in [1.29, 1.82) is 0 Å². The van der Waals surface area contributed by atoms with E-state index in [1.807, 2.05) is 32.9 Å². The number of rotatable bonds is 8. The molecule has 190 valence electrons. The molecule has 0 spiro atoms. The predicted molar refractivity (Wildman–Crippen MR) is 137 cm³/mol. The number of alkyl carbamates (subject to hydrolysis) is 1. The lowest BCUT2D eigenvalue weighted by molar-refractivity contribution is 0.0521. The molecule has 1 aromatic heterocycles. The van der Waals surface area contributed by atoms with E-state index in [0.29, 0.717) is 36.3 Å². The van der Waals surface area contributed by atoms with Crippen LogP contribution in [0.25, 0.3) is 5.69 Å². The second kappa shape index (κ2) is 10.0. The summed E-state index contributed by atoms with van der Waals surface area (Å²) in [6.07, 6.45) is 3.46. The van der Waals surface area contributed by atoms with Crippen LogP contribution in [0.15, 0.2) is 41.3 Å². The minimum atomic E-state index is -0.468. The van der Waals surface area contributed by atoms with E-state index in [1.54, 1.807) is 12.3 Å². The van der Waals surface area contributed by atoms with Crippen molar-refractivity contribution in [3.63, 3.8) is 0 Å². The first-order valence-electron chi connectivity index (χ1n) is 12.7. The smallest absolute Gasteiger partial charge is 0.407 e. The Morgan fingerprint density at radius 2 is 1.83 bits per heavy atom. The standard InChI is InChI=1S/C27H39N5O3/c1-17(2)12-20(13-18-6-8-19(9-7-18)32-11-10-24(28)30-25(32)33)31-15-22-21(23(22)16-31)14-29-26(34)35-27(3,4)5/h6-11,17,20-23H,12-16H2,1-5H3,(H,29,34)(H2,28,30,33)/t20?,21?,22-,23+. The molecule has 1 aliphatic carbocycles. The number of ether oxygens (including phenoxy) is 1. The number of hydrogen-bond donors (Lipinski definition) is 2. The van der Waals surface area contributed by atoms with Crippen LogP contribution in [0.3, 0.4) is 0 Å². The zero-order chi connectivity index (χ0) is 25.3. The van der Waals surface area contributed by atoms with Crippen LogP contribution in [-0.2, 0) is 11.2 Å². The normalized spacial score (nSPS) is 22.6. The van der Waals surface area contributed by atoms with Gasteiger partial charge in [0.05, 0.1) is 5.69 Å². The van der Waals surface area contributed by atoms with E-state index in [9.17, 15) is 9.59 Å². The van der Waals surface area contributed by atoms with Gasteiger partial charge in [-0.15, -0.1) is 0 Å². The van der Waals surface area contributed by atoms with Crippen LogP contribution in [0.2, 0.25) is 0 Å². The molecule has 0 radical (unpaired) electrons. The van der Waals surface area contributed by atoms with Crippen LogP contribution in [0.5, 0.6) is 0 Å². The number of amides is 1. The predicted octanol–water partition coefficient (Wildman–Crippen LogP) is 3.47. The number of aromatic nitrogens is 2. The molecule has 1 saturated carbocycles. The van der Waals surface area contributed by atoms with Gasteiger partial charge in [0.15, 0.2) is 0 Å². The summed E-state index contributed by atoms with van der Waals surface area (Å²) >= 11 is 0. The molecule has 2 aromatic rings. The highest BCUT2D eigenvalue weighted by Crippen LogP contribution is 2.52. The number of nitrogens with one attached hydrogen (secondary N) is 1. The number of fused-ring (bicyclic) bond motifs is 1. The van der Waals surface area contributed by atoms with Crippen LogP contribution >= 0.6 is 0 Å². The second-order valence-corrected chi connectivity index (χ2v) is 11.5. The highest BCUT2D eigenvalue weighted by molar-refractivity contribution is 5.67. The van der Waals surface area contributed by atoms with Gasteiger partial charge in [0.25, 0.3) is 0 Å². The van der Waals surface area contributed by atoms with Gasteiger partial charge in [0, 0.05) is 31.9 Å². The Labute approximate surface area is 207 Å². The Morgan fingerprint density at radius 3 is 2.40 bits per heavy atom. The molecule has 2 aliphatic rings. The van der Waals surface area contributed by atoms with Crippen molar-refractivity contribution in [2.45, 2.75) is 59.1 Å². The third-order valence-electron chi connectivity index (χ3n) is 7.05. The summed E-state index contributed by atoms with van der Waals surface area (Å²) in [6.45, 7) is 13.1. The minimum Gasteiger partial charge on any atom is -0.444 e. The molecule has 8 heteroatoms. The fourth-order valence-corrected chi connectivity index (χ4v) is 5.38. The SMILES string of the molecule is CC(C)CC(Cc1ccc(-n2ccc(N)nc2=O)cc1)N1C[C@@H]2C(CNC(=O)OC(C)(C)C)[C@@H]2C1. The van der Waals surface area contributed by atoms with Crippen LogP contribution in [0.1, 0.15) is 46.6 Å². The summed E-state index contributed by atoms with van der Waals surface area (Å²) in [5.74, 6) is 2.72. The summed E-state index contributed by atoms with van der Waals surface area (Å²) in [5.41, 5.74) is 6.81. The average Bonchev–Trinajstić information content (AvgIpc) is 3.19. The van der Waals surface area contributed by atoms with Gasteiger partial charge in [-0.1, -0.05) is 26.0 Å². The summed E-state index contributed by atoms with van der Waals surface area (Å²) in [6, 6.07) is 10.3. The van der Waals surface area contributed by atoms with Gasteiger partial charge in [0.2, 0.25) is 0 Å². The maximum absolute atomic E-state index is 12.1. The molecule has 2 heterocycles. The average molecular weight is 482 g/mol. The molecule has 4 atom stereocenters. The van der Waals surface area contributed by atoms with E-state index in [2.05, 4.69) is 41.2 Å². The van der Waals surface area contributed by atoms with Crippen LogP contribution in [0, 0.1) is 23.7 Å². The first-order chi connectivity index (χ1) is 16.5. The first-order valence-corrected chi connectivity index (χ1v) is 12.7. The molecule has 4 rings (SSSR count). The van der Waals surface area contributed by atoms with E-state index in [-0.39, 0.29) is 17.6 Å². The quantitative estimate of drug-likeness (QED) is 0.599. The molecule has 0 bridgehead atoms. The first kappa shape index (κ1) is 25.2. The Bertz CT molecular complexity index is 1080. The highest BCUT2D eigenvalue weighted by atomic mass is 16.6. The molecule has 35 heavy (non-hydrogen) atoms. The van der Waals surface area contributed by atoms with Gasteiger partial charge in [0.1, 0.15) is 11.4 Å². The Morgan fingerprint density at radius 1 is 1.17 bits per heavy atom. The summed E-state index contributed by atoms with van der Waals surface area (Å²) in [4.78, 5) is 30.6. The number of hydrogen-bond acceptors (Lipinski definition) is 6. The maximum atomic E-state index is 12.1. The van der Waals surface area contributed by atoms with Gasteiger partial charge in [-0.2, -0.15) is 4.98 Å². The van der Waals surface area contributed by atoms with Crippen molar-refractivity contribution in [3.8, 4) is 5.69 Å². The largest absolute Gasteiger partial charge is 0.444 e. The number of benzene rings is 1. The minimum absolute atomic E-state index is 0.228. The second-order valence-electron chi connectivity index (χ2n) is 11.5. The van der Waals surface area contributed by atoms with Crippen molar-refractivity contribution in [2.75, 3.05) is 25.4 Å². The number of nitrogen functional groups attached to an aromatic ring is 1. The third kappa shape index (κ3) is 6.42. The molecule has 1 aromatic carbocycles. The van der Waals surface area contributed by atoms with Crippen molar-refractivity contribution >= 4 is 11.9 Å². The van der Waals surface area contributed by atoms with E-state index in [0.717, 1.165) is 31.6 Å². The number of piperidine rings is 1. The Hall–Kier alpha value is -2.87. The zero-order valence-corrected chi connectivity index (χ0v) is 21.5. The lowest BCUT2D eigenvalue weighted by atomic mass is 9.95. The summed E-state index contributed by atoms with van der Waals surface area (Å²) in [5, 5.41) is 2.96. The van der Waals surface area contributed by atoms with Crippen LogP contribution < -0.4 is 16.7 Å². The molecule has 2 fully saturated rings. The van der Waals surface area contributed by atoms with Crippen molar-refractivity contribution in [3.05, 3.63) is 52.6 Å². The number of anilines is 1. The van der Waals surface area contributed by atoms with Gasteiger partial charge in [-0.05, 0) is 81.0 Å². The van der Waals surface area contributed by atoms with Crippen LogP contribution in [-0.4, -0.2) is 51.8 Å². The molecule has 1 aliphatic heterocycles. The molecular weight excluding hydrogens is 442 g/mol. The van der Waals surface area contributed by atoms with E-state index >= 15 is 0 Å². The summed E-state index contributed by atoms with van der Waals surface area (Å²) in [7, 11) is 0. The number of carbonyl (C=O) groups is 1. The topological polar surface area (TPSA) is 102 Å². The van der Waals surface area contributed by atoms with E-state index in [1.165, 1.54) is 10.1 Å². The van der Waals surface area contributed by atoms with E-state index < -0.39 is 5.60 Å². The third-order valence-corrected chi connectivity index (χ3v) is 7.05. The molecule has 3 N–H and O–H groups in total. The van der Waals surface area contributed by atoms with Gasteiger partial charge >= 0.3 is 11.8 Å². The molecule has 1 amide bonds. The molecular formula is C27H39N5O3. The number of carbonyl (C=O) groups excluding carboxylic acids is 1. The Kier molecular flexibility index (Phi) is 7.22. The van der Waals surface area contributed by atoms with Gasteiger partial charge < -0.3 is 15.8 Å². The van der Waals surface area contributed by atoms with E-state index in [4.69, 9.17) is 10.5 Å². The van der Waals surface area contributed by atoms with Crippen LogP contribution in [0.4, 0.5) is 10.6 Å². The fourth-order valence-electron chi connectivity index (χ4n) is 5.38. The van der Waals surface area contributed by atoms with Gasteiger partial charge in [-0.3, -0.25) is 9.47 Å². The molecule has 2 unspecified atom stereocenters. The van der Waals surface area contributed by atoms with Crippen molar-refractivity contribution in [1.82, 2.24) is 19.8 Å². The van der Waals surface area contributed by atoms with Gasteiger partial charge in [-0.25, -0.2) is 9.59 Å². The number of nitrogens with two attached hydrogens (primary N) is 1. The maximum Gasteiger partial charge on any atom is 0.407 e.